The van der Waals surface area contributed by atoms with Crippen LogP contribution in [0.4, 0.5) is 0 Å². The Balaban J connectivity index is 1.35. The molecule has 3 heterocycles. The van der Waals surface area contributed by atoms with Crippen molar-refractivity contribution in [3.63, 3.8) is 0 Å². The zero-order valence-corrected chi connectivity index (χ0v) is 18.0. The Morgan fingerprint density at radius 2 is 1.74 bits per heavy atom. The Morgan fingerprint density at radius 3 is 2.45 bits per heavy atom. The molecule has 162 valence electrons. The smallest absolute Gasteiger partial charge is 0.277 e. The summed E-state index contributed by atoms with van der Waals surface area (Å²) in [6, 6.07) is 7.78. The maximum Gasteiger partial charge on any atom is 0.277 e. The molecule has 9 heteroatoms. The van der Waals surface area contributed by atoms with Gasteiger partial charge in [-0.1, -0.05) is 48.2 Å². The fourth-order valence-electron chi connectivity index (χ4n) is 4.74. The number of amides is 1. The molecule has 3 aromatic rings. The van der Waals surface area contributed by atoms with Crippen LogP contribution in [0.1, 0.15) is 42.6 Å². The molecule has 2 aliphatic rings. The van der Waals surface area contributed by atoms with Gasteiger partial charge in [-0.3, -0.25) is 14.5 Å². The van der Waals surface area contributed by atoms with E-state index >= 15 is 0 Å². The first-order valence-electron chi connectivity index (χ1n) is 10.9. The molecule has 0 spiro atoms. The van der Waals surface area contributed by atoms with Gasteiger partial charge in [0.1, 0.15) is 0 Å². The third-order valence-electron chi connectivity index (χ3n) is 6.46. The predicted molar refractivity (Wildman–Crippen MR) is 118 cm³/mol. The highest BCUT2D eigenvalue weighted by molar-refractivity contribution is 6.30. The second kappa shape index (κ2) is 8.43. The molecule has 31 heavy (non-hydrogen) atoms. The van der Waals surface area contributed by atoms with Crippen molar-refractivity contribution in [3.05, 3.63) is 51.5 Å². The molecule has 1 aliphatic carbocycles. The highest BCUT2D eigenvalue weighted by atomic mass is 35.5. The van der Waals surface area contributed by atoms with E-state index in [1.165, 1.54) is 36.6 Å². The molecule has 1 aliphatic heterocycles. The van der Waals surface area contributed by atoms with Crippen molar-refractivity contribution in [2.24, 2.45) is 0 Å². The zero-order valence-electron chi connectivity index (χ0n) is 17.3. The Labute approximate surface area is 184 Å². The SMILES string of the molecule is O=C(c1nnn2cc(-c3ccc(Cl)cc3)[nH]c(=O)c12)N1CCN(C2CCCCC2)CC1. The van der Waals surface area contributed by atoms with Gasteiger partial charge in [0.2, 0.25) is 0 Å². The van der Waals surface area contributed by atoms with Crippen molar-refractivity contribution in [3.8, 4) is 11.3 Å². The lowest BCUT2D eigenvalue weighted by Gasteiger charge is -2.40. The summed E-state index contributed by atoms with van der Waals surface area (Å²) < 4.78 is 1.38. The monoisotopic (exact) mass is 440 g/mol. The number of carbonyl (C=O) groups excluding carboxylic acids is 1. The Hall–Kier alpha value is -2.71. The highest BCUT2D eigenvalue weighted by Crippen LogP contribution is 2.24. The van der Waals surface area contributed by atoms with Crippen LogP contribution in [0.25, 0.3) is 16.8 Å². The first-order valence-corrected chi connectivity index (χ1v) is 11.3. The van der Waals surface area contributed by atoms with Crippen LogP contribution < -0.4 is 5.56 Å². The highest BCUT2D eigenvalue weighted by Gasteiger charge is 2.30. The molecule has 1 saturated heterocycles. The Morgan fingerprint density at radius 1 is 1.03 bits per heavy atom. The van der Waals surface area contributed by atoms with Crippen molar-refractivity contribution >= 4 is 23.0 Å². The van der Waals surface area contributed by atoms with Crippen LogP contribution in [0, 0.1) is 0 Å². The van der Waals surface area contributed by atoms with Gasteiger partial charge in [-0.2, -0.15) is 0 Å². The molecule has 0 atom stereocenters. The predicted octanol–water partition coefficient (Wildman–Crippen LogP) is 2.83. The fourth-order valence-corrected chi connectivity index (χ4v) is 4.86. The first-order chi connectivity index (χ1) is 15.1. The third-order valence-corrected chi connectivity index (χ3v) is 6.71. The topological polar surface area (TPSA) is 86.6 Å². The van der Waals surface area contributed by atoms with Gasteiger partial charge in [-0.05, 0) is 30.5 Å². The largest absolute Gasteiger partial charge is 0.335 e. The molecular formula is C22H25ClN6O2. The lowest BCUT2D eigenvalue weighted by molar-refractivity contribution is 0.0520. The average molecular weight is 441 g/mol. The van der Waals surface area contributed by atoms with Crippen LogP contribution in [-0.2, 0) is 0 Å². The third kappa shape index (κ3) is 3.97. The van der Waals surface area contributed by atoms with Gasteiger partial charge in [0, 0.05) is 37.2 Å². The molecule has 1 aromatic carbocycles. The second-order valence-corrected chi connectivity index (χ2v) is 8.79. The number of hydrogen-bond acceptors (Lipinski definition) is 5. The molecular weight excluding hydrogens is 416 g/mol. The number of nitrogens with one attached hydrogen (secondary N) is 1. The van der Waals surface area contributed by atoms with Crippen LogP contribution in [0.3, 0.4) is 0 Å². The number of carbonyl (C=O) groups is 1. The molecule has 1 N–H and O–H groups in total. The second-order valence-electron chi connectivity index (χ2n) is 8.36. The number of fused-ring (bicyclic) bond motifs is 1. The van der Waals surface area contributed by atoms with E-state index in [0.29, 0.717) is 29.8 Å². The van der Waals surface area contributed by atoms with Crippen molar-refractivity contribution in [1.82, 2.24) is 29.6 Å². The molecule has 8 nitrogen and oxygen atoms in total. The molecule has 1 amide bonds. The van der Waals surface area contributed by atoms with Gasteiger partial charge in [0.15, 0.2) is 11.2 Å². The van der Waals surface area contributed by atoms with Crippen molar-refractivity contribution in [1.29, 1.82) is 0 Å². The molecule has 5 rings (SSSR count). The lowest BCUT2D eigenvalue weighted by atomic mass is 9.94. The summed E-state index contributed by atoms with van der Waals surface area (Å²) >= 11 is 5.95. The van der Waals surface area contributed by atoms with Crippen LogP contribution in [-0.4, -0.2) is 67.7 Å². The van der Waals surface area contributed by atoms with Gasteiger partial charge in [0.05, 0.1) is 11.9 Å². The minimum absolute atomic E-state index is 0.107. The van der Waals surface area contributed by atoms with Crippen LogP contribution in [0.15, 0.2) is 35.3 Å². The number of rotatable bonds is 3. The van der Waals surface area contributed by atoms with Crippen LogP contribution >= 0.6 is 11.6 Å². The maximum absolute atomic E-state index is 13.1. The first kappa shape index (κ1) is 20.2. The van der Waals surface area contributed by atoms with Gasteiger partial charge in [-0.25, -0.2) is 4.52 Å². The van der Waals surface area contributed by atoms with Crippen LogP contribution in [0.2, 0.25) is 5.02 Å². The summed E-state index contributed by atoms with van der Waals surface area (Å²) in [4.78, 5) is 33.1. The van der Waals surface area contributed by atoms with Crippen molar-refractivity contribution in [2.45, 2.75) is 38.1 Å². The summed E-state index contributed by atoms with van der Waals surface area (Å²) in [5.41, 5.74) is 1.28. The minimum Gasteiger partial charge on any atom is -0.335 e. The van der Waals surface area contributed by atoms with E-state index in [1.54, 1.807) is 23.2 Å². The summed E-state index contributed by atoms with van der Waals surface area (Å²) in [7, 11) is 0. The molecule has 0 unspecified atom stereocenters. The summed E-state index contributed by atoms with van der Waals surface area (Å²) in [6.45, 7) is 3.03. The van der Waals surface area contributed by atoms with E-state index < -0.39 is 0 Å². The van der Waals surface area contributed by atoms with E-state index in [9.17, 15) is 9.59 Å². The summed E-state index contributed by atoms with van der Waals surface area (Å²) in [6.07, 6.45) is 8.13. The van der Waals surface area contributed by atoms with E-state index in [-0.39, 0.29) is 22.7 Å². The Kier molecular flexibility index (Phi) is 5.50. The number of hydrogen-bond donors (Lipinski definition) is 1. The number of aromatic nitrogens is 4. The summed E-state index contributed by atoms with van der Waals surface area (Å²) in [5.74, 6) is -0.233. The molecule has 1 saturated carbocycles. The fraction of sp³-hybridized carbons (Fsp3) is 0.455. The number of nitrogens with zero attached hydrogens (tertiary/aromatic N) is 5. The van der Waals surface area contributed by atoms with E-state index in [1.807, 2.05) is 12.1 Å². The summed E-state index contributed by atoms with van der Waals surface area (Å²) in [5, 5.41) is 8.72. The number of benzene rings is 1. The van der Waals surface area contributed by atoms with Crippen LogP contribution in [0.5, 0.6) is 0 Å². The zero-order chi connectivity index (χ0) is 21.4. The Bertz CT molecular complexity index is 1140. The maximum atomic E-state index is 13.1. The molecule has 0 bridgehead atoms. The quantitative estimate of drug-likeness (QED) is 0.676. The molecule has 2 fully saturated rings. The average Bonchev–Trinajstić information content (AvgIpc) is 3.24. The van der Waals surface area contributed by atoms with Gasteiger partial charge in [-0.15, -0.1) is 5.10 Å². The number of halogens is 1. The van der Waals surface area contributed by atoms with Crippen molar-refractivity contribution in [2.75, 3.05) is 26.2 Å². The number of piperazine rings is 1. The lowest BCUT2D eigenvalue weighted by Crippen LogP contribution is -2.52. The van der Waals surface area contributed by atoms with Crippen molar-refractivity contribution < 1.29 is 4.79 Å². The number of H-pyrrole nitrogens is 1. The van der Waals surface area contributed by atoms with E-state index in [2.05, 4.69) is 20.2 Å². The molecule has 0 radical (unpaired) electrons. The van der Waals surface area contributed by atoms with Gasteiger partial charge >= 0.3 is 0 Å². The van der Waals surface area contributed by atoms with E-state index in [4.69, 9.17) is 11.6 Å². The van der Waals surface area contributed by atoms with Gasteiger partial charge in [0.25, 0.3) is 11.5 Å². The normalized spacial score (nSPS) is 18.5. The van der Waals surface area contributed by atoms with E-state index in [0.717, 1.165) is 18.7 Å². The number of aromatic amines is 1. The molecule has 2 aromatic heterocycles. The van der Waals surface area contributed by atoms with Gasteiger partial charge < -0.3 is 9.88 Å². The standard InChI is InChI=1S/C22H25ClN6O2/c23-16-8-6-15(7-9-16)18-14-29-20(21(30)24-18)19(25-26-29)22(31)28-12-10-27(11-13-28)17-4-2-1-3-5-17/h6-9,14,17H,1-5,10-13H2,(H,24,30). The minimum atomic E-state index is -0.387.